The predicted octanol–water partition coefficient (Wildman–Crippen LogP) is 4.56. The molecule has 0 aromatic heterocycles. The number of hydrogen-bond acceptors (Lipinski definition) is 4. The topological polar surface area (TPSA) is 75.7 Å². The van der Waals surface area contributed by atoms with Gasteiger partial charge in [0.15, 0.2) is 0 Å². The lowest BCUT2D eigenvalue weighted by Gasteiger charge is -2.26. The molecule has 0 bridgehead atoms. The van der Waals surface area contributed by atoms with Crippen LogP contribution in [0.5, 0.6) is 5.75 Å². The van der Waals surface area contributed by atoms with Crippen molar-refractivity contribution in [2.75, 3.05) is 25.5 Å². The average molecular weight is 445 g/mol. The number of ether oxygens (including phenoxy) is 1. The number of methoxy groups -OCH3 is 1. The van der Waals surface area contributed by atoms with Crippen molar-refractivity contribution in [1.82, 2.24) is 4.31 Å². The number of amides is 1. The van der Waals surface area contributed by atoms with Crippen LogP contribution in [0.3, 0.4) is 0 Å². The van der Waals surface area contributed by atoms with E-state index in [2.05, 4.69) is 19.2 Å². The maximum absolute atomic E-state index is 13.0. The van der Waals surface area contributed by atoms with E-state index in [1.54, 1.807) is 29.6 Å². The van der Waals surface area contributed by atoms with Crippen LogP contribution in [0, 0.1) is 0 Å². The molecule has 3 rings (SSSR count). The van der Waals surface area contributed by atoms with E-state index >= 15 is 0 Å². The fraction of sp³-hybridized carbons (Fsp3) is 0.458. The molecule has 1 amide bonds. The molecule has 6 nitrogen and oxygen atoms in total. The van der Waals surface area contributed by atoms with Crippen LogP contribution in [-0.2, 0) is 21.2 Å². The van der Waals surface area contributed by atoms with Gasteiger partial charge in [-0.25, -0.2) is 8.42 Å². The summed E-state index contributed by atoms with van der Waals surface area (Å²) in [5.74, 6) is 0.904. The van der Waals surface area contributed by atoms with Gasteiger partial charge in [0.2, 0.25) is 15.9 Å². The fourth-order valence-electron chi connectivity index (χ4n) is 3.79. The van der Waals surface area contributed by atoms with Gasteiger partial charge in [-0.2, -0.15) is 4.31 Å². The van der Waals surface area contributed by atoms with Crippen molar-refractivity contribution in [3.05, 3.63) is 53.6 Å². The quantitative estimate of drug-likeness (QED) is 0.647. The number of carbonyl (C=O) groups is 1. The molecule has 1 N–H and O–H groups in total. The largest absolute Gasteiger partial charge is 0.496 e. The summed E-state index contributed by atoms with van der Waals surface area (Å²) in [5, 5.41) is 2.91. The van der Waals surface area contributed by atoms with Crippen LogP contribution in [0.4, 0.5) is 5.69 Å². The van der Waals surface area contributed by atoms with Crippen molar-refractivity contribution < 1.29 is 17.9 Å². The Kier molecular flexibility index (Phi) is 7.73. The van der Waals surface area contributed by atoms with Crippen LogP contribution < -0.4 is 10.1 Å². The molecule has 0 aliphatic carbocycles. The number of nitrogens with zero attached hydrogens (tertiary/aromatic N) is 1. The number of piperidine rings is 1. The van der Waals surface area contributed by atoms with Crippen LogP contribution in [-0.4, -0.2) is 38.8 Å². The van der Waals surface area contributed by atoms with E-state index in [-0.39, 0.29) is 17.2 Å². The van der Waals surface area contributed by atoms with Crippen LogP contribution in [0.2, 0.25) is 0 Å². The molecule has 1 heterocycles. The molecular weight excluding hydrogens is 412 g/mol. The first kappa shape index (κ1) is 23.3. The summed E-state index contributed by atoms with van der Waals surface area (Å²) in [7, 11) is -1.98. The van der Waals surface area contributed by atoms with E-state index in [0.29, 0.717) is 36.7 Å². The van der Waals surface area contributed by atoms with Crippen molar-refractivity contribution in [2.45, 2.75) is 56.8 Å². The molecule has 1 aliphatic heterocycles. The zero-order valence-electron chi connectivity index (χ0n) is 18.6. The summed E-state index contributed by atoms with van der Waals surface area (Å²) in [5.41, 5.74) is 2.68. The number of sulfonamides is 1. The van der Waals surface area contributed by atoms with Crippen molar-refractivity contribution in [1.29, 1.82) is 0 Å². The van der Waals surface area contributed by atoms with Gasteiger partial charge in [-0.1, -0.05) is 32.4 Å². The number of benzene rings is 2. The first-order chi connectivity index (χ1) is 14.8. The second-order valence-corrected chi connectivity index (χ2v) is 10.2. The predicted molar refractivity (Wildman–Crippen MR) is 123 cm³/mol. The van der Waals surface area contributed by atoms with Crippen molar-refractivity contribution >= 4 is 21.6 Å². The molecule has 0 atom stereocenters. The van der Waals surface area contributed by atoms with Gasteiger partial charge in [0.05, 0.1) is 12.0 Å². The molecule has 2 aromatic carbocycles. The molecule has 31 heavy (non-hydrogen) atoms. The first-order valence-corrected chi connectivity index (χ1v) is 12.3. The smallest absolute Gasteiger partial charge is 0.243 e. The maximum Gasteiger partial charge on any atom is 0.243 e. The van der Waals surface area contributed by atoms with Crippen LogP contribution >= 0.6 is 0 Å². The second kappa shape index (κ2) is 10.3. The Bertz CT molecular complexity index is 995. The Morgan fingerprint density at radius 2 is 1.74 bits per heavy atom. The molecule has 0 saturated carbocycles. The Labute approximate surface area is 185 Å². The molecule has 7 heteroatoms. The van der Waals surface area contributed by atoms with E-state index in [1.807, 2.05) is 24.3 Å². The van der Waals surface area contributed by atoms with Crippen LogP contribution in [0.1, 0.15) is 56.6 Å². The maximum atomic E-state index is 13.0. The lowest BCUT2D eigenvalue weighted by atomic mass is 10.0. The highest BCUT2D eigenvalue weighted by molar-refractivity contribution is 7.89. The third kappa shape index (κ3) is 5.86. The standard InChI is InChI=1S/C24H32N2O4S/c1-18(2)19-7-10-21(11-8-19)25-24(27)14-9-20-17-22(12-13-23(20)30-3)31(28,29)26-15-5-4-6-16-26/h7-8,10-13,17-18H,4-6,9,14-16H2,1-3H3,(H,25,27). The van der Waals surface area contributed by atoms with E-state index < -0.39 is 10.0 Å². The first-order valence-electron chi connectivity index (χ1n) is 10.9. The third-order valence-electron chi connectivity index (χ3n) is 5.69. The third-order valence-corrected chi connectivity index (χ3v) is 7.58. The highest BCUT2D eigenvalue weighted by Gasteiger charge is 2.26. The van der Waals surface area contributed by atoms with Gasteiger partial charge < -0.3 is 10.1 Å². The molecule has 1 aliphatic rings. The zero-order valence-corrected chi connectivity index (χ0v) is 19.4. The second-order valence-electron chi connectivity index (χ2n) is 8.26. The summed E-state index contributed by atoms with van der Waals surface area (Å²) >= 11 is 0. The Morgan fingerprint density at radius 3 is 2.35 bits per heavy atom. The number of carbonyl (C=O) groups excluding carboxylic acids is 1. The van der Waals surface area contributed by atoms with Crippen molar-refractivity contribution in [3.8, 4) is 5.75 Å². The highest BCUT2D eigenvalue weighted by Crippen LogP contribution is 2.27. The van der Waals surface area contributed by atoms with E-state index in [4.69, 9.17) is 4.74 Å². The molecule has 1 fully saturated rings. The molecule has 168 valence electrons. The van der Waals surface area contributed by atoms with Gasteiger partial charge in [-0.05, 0) is 66.6 Å². The van der Waals surface area contributed by atoms with E-state index in [1.165, 1.54) is 5.56 Å². The number of nitrogens with one attached hydrogen (secondary N) is 1. The van der Waals surface area contributed by atoms with Gasteiger partial charge in [0.25, 0.3) is 0 Å². The number of aryl methyl sites for hydroxylation is 1. The number of anilines is 1. The van der Waals surface area contributed by atoms with Crippen LogP contribution in [0.25, 0.3) is 0 Å². The van der Waals surface area contributed by atoms with Gasteiger partial charge in [-0.3, -0.25) is 4.79 Å². The summed E-state index contributed by atoms with van der Waals surface area (Å²) in [6.45, 7) is 5.37. The van der Waals surface area contributed by atoms with Crippen molar-refractivity contribution in [2.24, 2.45) is 0 Å². The molecule has 1 saturated heterocycles. The Morgan fingerprint density at radius 1 is 1.06 bits per heavy atom. The van der Waals surface area contributed by atoms with E-state index in [9.17, 15) is 13.2 Å². The Hall–Kier alpha value is -2.38. The number of hydrogen-bond donors (Lipinski definition) is 1. The minimum atomic E-state index is -3.53. The minimum Gasteiger partial charge on any atom is -0.496 e. The Balaban J connectivity index is 1.68. The molecule has 0 radical (unpaired) electrons. The lowest BCUT2D eigenvalue weighted by Crippen LogP contribution is -2.35. The van der Waals surface area contributed by atoms with Crippen LogP contribution in [0.15, 0.2) is 47.4 Å². The van der Waals surface area contributed by atoms with Gasteiger partial charge in [-0.15, -0.1) is 0 Å². The summed E-state index contributed by atoms with van der Waals surface area (Å²) in [4.78, 5) is 12.7. The van der Waals surface area contributed by atoms with E-state index in [0.717, 1.165) is 24.9 Å². The summed E-state index contributed by atoms with van der Waals surface area (Å²) < 4.78 is 33.0. The van der Waals surface area contributed by atoms with Crippen molar-refractivity contribution in [3.63, 3.8) is 0 Å². The molecule has 0 spiro atoms. The minimum absolute atomic E-state index is 0.122. The fourth-order valence-corrected chi connectivity index (χ4v) is 5.36. The number of rotatable bonds is 8. The summed E-state index contributed by atoms with van der Waals surface area (Å²) in [6.07, 6.45) is 3.47. The van der Waals surface area contributed by atoms with Gasteiger partial charge in [0.1, 0.15) is 5.75 Å². The average Bonchev–Trinajstić information content (AvgIpc) is 2.78. The normalized spacial score (nSPS) is 15.1. The molecule has 2 aromatic rings. The lowest BCUT2D eigenvalue weighted by molar-refractivity contribution is -0.116. The molecular formula is C24H32N2O4S. The summed E-state index contributed by atoms with van der Waals surface area (Å²) in [6, 6.07) is 12.7. The van der Waals surface area contributed by atoms with Gasteiger partial charge in [0, 0.05) is 25.2 Å². The monoisotopic (exact) mass is 444 g/mol. The zero-order chi connectivity index (χ0) is 22.4. The molecule has 0 unspecified atom stereocenters. The van der Waals surface area contributed by atoms with Gasteiger partial charge >= 0.3 is 0 Å². The SMILES string of the molecule is COc1ccc(S(=O)(=O)N2CCCCC2)cc1CCC(=O)Nc1ccc(C(C)C)cc1. The highest BCUT2D eigenvalue weighted by atomic mass is 32.2.